The van der Waals surface area contributed by atoms with E-state index >= 15 is 0 Å². The number of aromatic amines is 1. The molecule has 2 N–H and O–H groups in total. The molecule has 1 heterocycles. The summed E-state index contributed by atoms with van der Waals surface area (Å²) < 4.78 is 0. The first-order valence-corrected chi connectivity index (χ1v) is 9.38. The lowest BCUT2D eigenvalue weighted by Gasteiger charge is -2.06. The van der Waals surface area contributed by atoms with E-state index in [4.69, 9.17) is 0 Å². The van der Waals surface area contributed by atoms with Crippen molar-refractivity contribution in [3.05, 3.63) is 65.9 Å². The molecule has 0 fully saturated rings. The van der Waals surface area contributed by atoms with E-state index < -0.39 is 0 Å². The number of thioether (sulfide) groups is 1. The molecule has 0 radical (unpaired) electrons. The summed E-state index contributed by atoms with van der Waals surface area (Å²) in [6.45, 7) is 2.09. The van der Waals surface area contributed by atoms with E-state index in [2.05, 4.69) is 17.2 Å². The minimum atomic E-state index is -0.0963. The second-order valence-electron chi connectivity index (χ2n) is 5.76. The van der Waals surface area contributed by atoms with E-state index in [1.54, 1.807) is 6.20 Å². The molecule has 0 saturated heterocycles. The quantitative estimate of drug-likeness (QED) is 0.624. The van der Waals surface area contributed by atoms with Gasteiger partial charge in [0.25, 0.3) is 0 Å². The van der Waals surface area contributed by atoms with Crippen molar-refractivity contribution in [3.8, 4) is 0 Å². The topological polar surface area (TPSA) is 62.0 Å². The van der Waals surface area contributed by atoms with Crippen LogP contribution in [0, 0.1) is 0 Å². The number of hydrogen-bond acceptors (Lipinski definition) is 3. The van der Waals surface area contributed by atoms with Crippen LogP contribution in [0.4, 0.5) is 5.69 Å². The molecule has 1 aromatic heterocycles. The molecule has 3 aromatic rings. The lowest BCUT2D eigenvalue weighted by molar-refractivity contribution is -0.113. The SMILES string of the molecule is CCc1ccc(NC(=O)CSCC(=O)c2c[nH]c3ccccc23)cc1. The van der Waals surface area contributed by atoms with Gasteiger partial charge in [-0.2, -0.15) is 0 Å². The largest absolute Gasteiger partial charge is 0.360 e. The Balaban J connectivity index is 1.50. The van der Waals surface area contributed by atoms with Crippen LogP contribution in [0.2, 0.25) is 0 Å². The number of H-pyrrole nitrogens is 1. The number of rotatable bonds is 7. The summed E-state index contributed by atoms with van der Waals surface area (Å²) in [6, 6.07) is 15.5. The van der Waals surface area contributed by atoms with E-state index in [-0.39, 0.29) is 23.2 Å². The summed E-state index contributed by atoms with van der Waals surface area (Å²) >= 11 is 1.33. The third kappa shape index (κ3) is 4.31. The normalized spacial score (nSPS) is 10.8. The molecule has 3 rings (SSSR count). The Morgan fingerprint density at radius 3 is 2.56 bits per heavy atom. The van der Waals surface area contributed by atoms with E-state index in [0.29, 0.717) is 5.56 Å². The molecule has 0 spiro atoms. The van der Waals surface area contributed by atoms with Gasteiger partial charge in [0.2, 0.25) is 5.91 Å². The molecule has 1 amide bonds. The molecule has 4 nitrogen and oxygen atoms in total. The smallest absolute Gasteiger partial charge is 0.234 e. The zero-order chi connectivity index (χ0) is 17.6. The van der Waals surface area contributed by atoms with Gasteiger partial charge in [0.05, 0.1) is 11.5 Å². The van der Waals surface area contributed by atoms with Crippen LogP contribution in [-0.4, -0.2) is 28.2 Å². The molecule has 0 aliphatic carbocycles. The van der Waals surface area contributed by atoms with Crippen LogP contribution >= 0.6 is 11.8 Å². The Bertz CT molecular complexity index is 884. The van der Waals surface area contributed by atoms with Crippen molar-refractivity contribution in [2.45, 2.75) is 13.3 Å². The highest BCUT2D eigenvalue weighted by Gasteiger charge is 2.12. The van der Waals surface area contributed by atoms with Crippen molar-refractivity contribution in [2.75, 3.05) is 16.8 Å². The first-order chi connectivity index (χ1) is 12.2. The molecule has 0 saturated carbocycles. The first-order valence-electron chi connectivity index (χ1n) is 8.23. The van der Waals surface area contributed by atoms with Crippen LogP contribution in [0.1, 0.15) is 22.8 Å². The molecule has 0 aliphatic rings. The fourth-order valence-corrected chi connectivity index (χ4v) is 3.34. The highest BCUT2D eigenvalue weighted by atomic mass is 32.2. The van der Waals surface area contributed by atoms with Gasteiger partial charge in [0, 0.05) is 28.4 Å². The number of ketones is 1. The highest BCUT2D eigenvalue weighted by molar-refractivity contribution is 8.00. The van der Waals surface area contributed by atoms with E-state index in [0.717, 1.165) is 23.0 Å². The second kappa shape index (κ2) is 8.03. The van der Waals surface area contributed by atoms with Gasteiger partial charge in [-0.05, 0) is 30.2 Å². The molecule has 0 atom stereocenters. The Morgan fingerprint density at radius 2 is 1.80 bits per heavy atom. The Kier molecular flexibility index (Phi) is 5.56. The monoisotopic (exact) mass is 352 g/mol. The Morgan fingerprint density at radius 1 is 1.04 bits per heavy atom. The number of benzene rings is 2. The average molecular weight is 352 g/mol. The van der Waals surface area contributed by atoms with Gasteiger partial charge < -0.3 is 10.3 Å². The maximum atomic E-state index is 12.4. The number of carbonyl (C=O) groups is 2. The number of amides is 1. The number of aryl methyl sites for hydroxylation is 1. The third-order valence-electron chi connectivity index (χ3n) is 4.00. The Labute approximate surface area is 151 Å². The van der Waals surface area contributed by atoms with Crippen LogP contribution in [0.5, 0.6) is 0 Å². The molecule has 128 valence electrons. The number of aromatic nitrogens is 1. The predicted molar refractivity (Wildman–Crippen MR) is 104 cm³/mol. The van der Waals surface area contributed by atoms with Gasteiger partial charge in [-0.3, -0.25) is 9.59 Å². The number of para-hydroxylation sites is 1. The standard InChI is InChI=1S/C20H20N2O2S/c1-2-14-7-9-15(10-8-14)22-20(24)13-25-12-19(23)17-11-21-18-6-4-3-5-16(17)18/h3-11,21H,2,12-13H2,1H3,(H,22,24). The summed E-state index contributed by atoms with van der Waals surface area (Å²) in [4.78, 5) is 27.5. The molecule has 0 unspecified atom stereocenters. The zero-order valence-electron chi connectivity index (χ0n) is 14.0. The van der Waals surface area contributed by atoms with Crippen LogP contribution in [0.25, 0.3) is 10.9 Å². The van der Waals surface area contributed by atoms with Crippen molar-refractivity contribution in [2.24, 2.45) is 0 Å². The molecule has 5 heteroatoms. The van der Waals surface area contributed by atoms with Crippen molar-refractivity contribution < 1.29 is 9.59 Å². The molecule has 2 aromatic carbocycles. The summed E-state index contributed by atoms with van der Waals surface area (Å²) in [6.07, 6.45) is 2.71. The molecular formula is C20H20N2O2S. The van der Waals surface area contributed by atoms with Crippen molar-refractivity contribution in [3.63, 3.8) is 0 Å². The van der Waals surface area contributed by atoms with E-state index in [9.17, 15) is 9.59 Å². The maximum Gasteiger partial charge on any atom is 0.234 e. The summed E-state index contributed by atoms with van der Waals surface area (Å²) in [5.41, 5.74) is 3.64. The average Bonchev–Trinajstić information content (AvgIpc) is 3.06. The van der Waals surface area contributed by atoms with Gasteiger partial charge in [0.15, 0.2) is 5.78 Å². The van der Waals surface area contributed by atoms with Gasteiger partial charge in [-0.15, -0.1) is 11.8 Å². The van der Waals surface area contributed by atoms with Gasteiger partial charge in [-0.1, -0.05) is 37.3 Å². The number of Topliss-reactive ketones (excluding diaryl/α,β-unsaturated/α-hetero) is 1. The van der Waals surface area contributed by atoms with Crippen molar-refractivity contribution >= 4 is 40.0 Å². The summed E-state index contributed by atoms with van der Waals surface area (Å²) in [5.74, 6) is 0.469. The lowest BCUT2D eigenvalue weighted by Crippen LogP contribution is -2.15. The molecule has 0 aliphatic heterocycles. The van der Waals surface area contributed by atoms with E-state index in [1.807, 2.05) is 48.5 Å². The number of nitrogens with one attached hydrogen (secondary N) is 2. The van der Waals surface area contributed by atoms with Crippen LogP contribution in [-0.2, 0) is 11.2 Å². The lowest BCUT2D eigenvalue weighted by atomic mass is 10.1. The minimum absolute atomic E-state index is 0.0301. The first kappa shape index (κ1) is 17.3. The number of carbonyl (C=O) groups excluding carboxylic acids is 2. The molecule has 25 heavy (non-hydrogen) atoms. The summed E-state index contributed by atoms with van der Waals surface area (Å²) in [5, 5.41) is 3.78. The van der Waals surface area contributed by atoms with Gasteiger partial charge in [0.1, 0.15) is 0 Å². The van der Waals surface area contributed by atoms with Crippen LogP contribution in [0.3, 0.4) is 0 Å². The zero-order valence-corrected chi connectivity index (χ0v) is 14.9. The van der Waals surface area contributed by atoms with Gasteiger partial charge in [-0.25, -0.2) is 0 Å². The van der Waals surface area contributed by atoms with Crippen LogP contribution < -0.4 is 5.32 Å². The highest BCUT2D eigenvalue weighted by Crippen LogP contribution is 2.19. The number of hydrogen-bond donors (Lipinski definition) is 2. The predicted octanol–water partition coefficient (Wildman–Crippen LogP) is 4.28. The number of anilines is 1. The number of fused-ring (bicyclic) bond motifs is 1. The van der Waals surface area contributed by atoms with E-state index in [1.165, 1.54) is 17.3 Å². The van der Waals surface area contributed by atoms with Crippen molar-refractivity contribution in [1.29, 1.82) is 0 Å². The second-order valence-corrected chi connectivity index (χ2v) is 6.75. The summed E-state index contributed by atoms with van der Waals surface area (Å²) in [7, 11) is 0. The fourth-order valence-electron chi connectivity index (χ4n) is 2.64. The molecule has 0 bridgehead atoms. The van der Waals surface area contributed by atoms with Crippen LogP contribution in [0.15, 0.2) is 54.7 Å². The fraction of sp³-hybridized carbons (Fsp3) is 0.200. The van der Waals surface area contributed by atoms with Crippen molar-refractivity contribution in [1.82, 2.24) is 4.98 Å². The molecular weight excluding hydrogens is 332 g/mol. The Hall–Kier alpha value is -2.53. The minimum Gasteiger partial charge on any atom is -0.360 e. The maximum absolute atomic E-state index is 12.4. The third-order valence-corrected chi connectivity index (χ3v) is 4.93. The van der Waals surface area contributed by atoms with Gasteiger partial charge >= 0.3 is 0 Å².